The minimum atomic E-state index is -4.04. The standard InChI is InChI=1S/C9H15F3N4/c1-16-7-8(14-15-16)6-13-5-3-2-4-9(10,11)12/h7,13H,2-6H2,1H3. The van der Waals surface area contributed by atoms with Crippen LogP contribution in [0.5, 0.6) is 0 Å². The van der Waals surface area contributed by atoms with Crippen molar-refractivity contribution in [3.63, 3.8) is 0 Å². The van der Waals surface area contributed by atoms with E-state index in [1.54, 1.807) is 17.9 Å². The Morgan fingerprint density at radius 2 is 2.12 bits per heavy atom. The maximum Gasteiger partial charge on any atom is 0.389 e. The minimum Gasteiger partial charge on any atom is -0.311 e. The molecule has 0 saturated heterocycles. The van der Waals surface area contributed by atoms with E-state index in [1.807, 2.05) is 0 Å². The van der Waals surface area contributed by atoms with Crippen LogP contribution >= 0.6 is 0 Å². The predicted molar refractivity (Wildman–Crippen MR) is 52.6 cm³/mol. The molecule has 92 valence electrons. The number of aryl methyl sites for hydroxylation is 1. The van der Waals surface area contributed by atoms with E-state index in [4.69, 9.17) is 0 Å². The predicted octanol–water partition coefficient (Wildman–Crippen LogP) is 1.64. The first-order valence-electron chi connectivity index (χ1n) is 5.10. The number of alkyl halides is 3. The van der Waals surface area contributed by atoms with E-state index in [9.17, 15) is 13.2 Å². The molecule has 0 unspecified atom stereocenters. The lowest BCUT2D eigenvalue weighted by molar-refractivity contribution is -0.135. The molecule has 0 spiro atoms. The molecular formula is C9H15F3N4. The van der Waals surface area contributed by atoms with Crippen molar-refractivity contribution >= 4 is 0 Å². The molecule has 0 radical (unpaired) electrons. The van der Waals surface area contributed by atoms with Gasteiger partial charge in [0.15, 0.2) is 0 Å². The van der Waals surface area contributed by atoms with Crippen LogP contribution in [0, 0.1) is 0 Å². The molecule has 16 heavy (non-hydrogen) atoms. The zero-order valence-electron chi connectivity index (χ0n) is 9.09. The molecule has 1 aromatic heterocycles. The average Bonchev–Trinajstić information content (AvgIpc) is 2.56. The molecule has 7 heteroatoms. The molecule has 1 rings (SSSR count). The molecule has 0 aliphatic rings. The summed E-state index contributed by atoms with van der Waals surface area (Å²) in [6.07, 6.45) is -2.30. The van der Waals surface area contributed by atoms with Crippen LogP contribution < -0.4 is 5.32 Å². The van der Waals surface area contributed by atoms with Crippen LogP contribution in [0.2, 0.25) is 0 Å². The van der Waals surface area contributed by atoms with Crippen molar-refractivity contribution < 1.29 is 13.2 Å². The van der Waals surface area contributed by atoms with Crippen molar-refractivity contribution in [3.05, 3.63) is 11.9 Å². The Morgan fingerprint density at radius 1 is 1.38 bits per heavy atom. The quantitative estimate of drug-likeness (QED) is 0.763. The van der Waals surface area contributed by atoms with Gasteiger partial charge in [0.05, 0.1) is 5.69 Å². The molecule has 0 aromatic carbocycles. The Bertz CT molecular complexity index is 308. The molecule has 0 bridgehead atoms. The molecule has 0 fully saturated rings. The van der Waals surface area contributed by atoms with Gasteiger partial charge in [-0.25, -0.2) is 0 Å². The fraction of sp³-hybridized carbons (Fsp3) is 0.778. The van der Waals surface area contributed by atoms with E-state index in [1.165, 1.54) is 0 Å². The molecule has 0 amide bonds. The minimum absolute atomic E-state index is 0.164. The van der Waals surface area contributed by atoms with E-state index < -0.39 is 12.6 Å². The number of hydrogen-bond donors (Lipinski definition) is 1. The zero-order valence-corrected chi connectivity index (χ0v) is 9.09. The SMILES string of the molecule is Cn1cc(CNCCCCC(F)(F)F)nn1. The van der Waals surface area contributed by atoms with Crippen molar-refractivity contribution in [3.8, 4) is 0 Å². The van der Waals surface area contributed by atoms with Gasteiger partial charge in [0.2, 0.25) is 0 Å². The van der Waals surface area contributed by atoms with Gasteiger partial charge in [-0.3, -0.25) is 4.68 Å². The lowest BCUT2D eigenvalue weighted by atomic mass is 10.2. The van der Waals surface area contributed by atoms with Gasteiger partial charge in [-0.15, -0.1) is 5.10 Å². The van der Waals surface area contributed by atoms with Crippen LogP contribution in [0.25, 0.3) is 0 Å². The number of hydrogen-bond acceptors (Lipinski definition) is 3. The van der Waals surface area contributed by atoms with Crippen LogP contribution in [0.4, 0.5) is 13.2 Å². The van der Waals surface area contributed by atoms with E-state index in [-0.39, 0.29) is 6.42 Å². The Morgan fingerprint density at radius 3 is 2.69 bits per heavy atom. The highest BCUT2D eigenvalue weighted by Crippen LogP contribution is 2.21. The van der Waals surface area contributed by atoms with E-state index in [0.29, 0.717) is 19.5 Å². The topological polar surface area (TPSA) is 42.7 Å². The number of halogens is 3. The summed E-state index contributed by atoms with van der Waals surface area (Å²) in [6.45, 7) is 1.10. The van der Waals surface area contributed by atoms with Gasteiger partial charge in [-0.2, -0.15) is 13.2 Å². The zero-order chi connectivity index (χ0) is 12.0. The van der Waals surface area contributed by atoms with Gasteiger partial charge in [-0.05, 0) is 19.4 Å². The second kappa shape index (κ2) is 5.83. The fourth-order valence-electron chi connectivity index (χ4n) is 1.27. The highest BCUT2D eigenvalue weighted by molar-refractivity contribution is 4.90. The summed E-state index contributed by atoms with van der Waals surface area (Å²) in [5, 5.41) is 10.6. The van der Waals surface area contributed by atoms with E-state index >= 15 is 0 Å². The van der Waals surface area contributed by atoms with Crippen LogP contribution in [-0.4, -0.2) is 27.7 Å². The molecule has 1 heterocycles. The summed E-state index contributed by atoms with van der Waals surface area (Å²) < 4.78 is 37.0. The molecule has 0 aliphatic heterocycles. The lowest BCUT2D eigenvalue weighted by Gasteiger charge is -2.05. The van der Waals surface area contributed by atoms with Crippen LogP contribution in [0.15, 0.2) is 6.20 Å². The second-order valence-electron chi connectivity index (χ2n) is 3.63. The third-order valence-electron chi connectivity index (χ3n) is 2.02. The Balaban J connectivity index is 2.00. The van der Waals surface area contributed by atoms with Gasteiger partial charge in [0.25, 0.3) is 0 Å². The average molecular weight is 236 g/mol. The molecule has 4 nitrogen and oxygen atoms in total. The molecule has 0 saturated carbocycles. The normalized spacial score (nSPS) is 12.0. The highest BCUT2D eigenvalue weighted by atomic mass is 19.4. The maximum atomic E-state index is 11.8. The summed E-state index contributed by atoms with van der Waals surface area (Å²) in [4.78, 5) is 0. The first-order chi connectivity index (χ1) is 7.47. The van der Waals surface area contributed by atoms with E-state index in [0.717, 1.165) is 5.69 Å². The Labute approximate surface area is 91.8 Å². The molecule has 1 N–H and O–H groups in total. The summed E-state index contributed by atoms with van der Waals surface area (Å²) in [5.74, 6) is 0. The largest absolute Gasteiger partial charge is 0.389 e. The third kappa shape index (κ3) is 5.69. The number of rotatable bonds is 6. The van der Waals surface area contributed by atoms with Crippen molar-refractivity contribution in [1.29, 1.82) is 0 Å². The molecule has 0 atom stereocenters. The summed E-state index contributed by atoms with van der Waals surface area (Å²) >= 11 is 0. The lowest BCUT2D eigenvalue weighted by Crippen LogP contribution is -2.16. The summed E-state index contributed by atoms with van der Waals surface area (Å²) in [5.41, 5.74) is 0.790. The smallest absolute Gasteiger partial charge is 0.311 e. The van der Waals surface area contributed by atoms with Gasteiger partial charge >= 0.3 is 6.18 Å². The molecular weight excluding hydrogens is 221 g/mol. The number of nitrogens with one attached hydrogen (secondary N) is 1. The molecule has 1 aromatic rings. The first kappa shape index (κ1) is 13.0. The van der Waals surface area contributed by atoms with Gasteiger partial charge in [0, 0.05) is 26.2 Å². The summed E-state index contributed by atoms with van der Waals surface area (Å²) in [7, 11) is 1.76. The van der Waals surface area contributed by atoms with Crippen LogP contribution in [0.3, 0.4) is 0 Å². The van der Waals surface area contributed by atoms with Gasteiger partial charge in [0.1, 0.15) is 0 Å². The Hall–Kier alpha value is -1.11. The van der Waals surface area contributed by atoms with Crippen molar-refractivity contribution in [2.75, 3.05) is 6.54 Å². The highest BCUT2D eigenvalue weighted by Gasteiger charge is 2.25. The van der Waals surface area contributed by atoms with Crippen LogP contribution in [0.1, 0.15) is 25.0 Å². The van der Waals surface area contributed by atoms with Crippen molar-refractivity contribution in [2.24, 2.45) is 7.05 Å². The van der Waals surface area contributed by atoms with Crippen LogP contribution in [-0.2, 0) is 13.6 Å². The molecule has 0 aliphatic carbocycles. The first-order valence-corrected chi connectivity index (χ1v) is 5.10. The number of unbranched alkanes of at least 4 members (excludes halogenated alkanes) is 1. The van der Waals surface area contributed by atoms with Crippen molar-refractivity contribution in [2.45, 2.75) is 32.0 Å². The summed E-state index contributed by atoms with van der Waals surface area (Å²) in [6, 6.07) is 0. The Kier molecular flexibility index (Phi) is 4.72. The van der Waals surface area contributed by atoms with Gasteiger partial charge < -0.3 is 5.32 Å². The number of nitrogens with zero attached hydrogens (tertiary/aromatic N) is 3. The maximum absolute atomic E-state index is 11.8. The van der Waals surface area contributed by atoms with E-state index in [2.05, 4.69) is 15.6 Å². The monoisotopic (exact) mass is 236 g/mol. The van der Waals surface area contributed by atoms with Gasteiger partial charge in [-0.1, -0.05) is 5.21 Å². The third-order valence-corrected chi connectivity index (χ3v) is 2.02. The second-order valence-corrected chi connectivity index (χ2v) is 3.63. The number of aromatic nitrogens is 3. The fourth-order valence-corrected chi connectivity index (χ4v) is 1.27. The van der Waals surface area contributed by atoms with Crippen molar-refractivity contribution in [1.82, 2.24) is 20.3 Å².